The fourth-order valence-electron chi connectivity index (χ4n) is 3.78. The molecule has 1 aliphatic heterocycles. The Kier molecular flexibility index (Phi) is 5.16. The number of nitrogens with zero attached hydrogens (tertiary/aromatic N) is 3. The van der Waals surface area contributed by atoms with E-state index in [1.807, 2.05) is 25.1 Å². The number of amides is 1. The van der Waals surface area contributed by atoms with E-state index < -0.39 is 10.0 Å². The van der Waals surface area contributed by atoms with E-state index in [4.69, 9.17) is 0 Å². The summed E-state index contributed by atoms with van der Waals surface area (Å²) in [5, 5.41) is 0. The van der Waals surface area contributed by atoms with E-state index in [0.717, 1.165) is 25.0 Å². The zero-order valence-electron chi connectivity index (χ0n) is 15.0. The van der Waals surface area contributed by atoms with Gasteiger partial charge in [0.2, 0.25) is 15.9 Å². The second kappa shape index (κ2) is 7.03. The Morgan fingerprint density at radius 3 is 2.92 bits per heavy atom. The van der Waals surface area contributed by atoms with Crippen LogP contribution in [0.1, 0.15) is 38.3 Å². The van der Waals surface area contributed by atoms with E-state index >= 15 is 0 Å². The summed E-state index contributed by atoms with van der Waals surface area (Å²) in [4.78, 5) is 18.7. The van der Waals surface area contributed by atoms with Gasteiger partial charge < -0.3 is 4.90 Å². The van der Waals surface area contributed by atoms with Crippen LogP contribution >= 0.6 is 0 Å². The molecule has 0 N–H and O–H groups in total. The molecule has 1 saturated heterocycles. The van der Waals surface area contributed by atoms with Crippen LogP contribution in [0.3, 0.4) is 0 Å². The minimum Gasteiger partial charge on any atom is -0.340 e. The fourth-order valence-corrected chi connectivity index (χ4v) is 5.51. The molecule has 2 heterocycles. The minimum atomic E-state index is -3.17. The van der Waals surface area contributed by atoms with E-state index in [1.165, 1.54) is 0 Å². The average Bonchev–Trinajstić information content (AvgIpc) is 3.11. The van der Waals surface area contributed by atoms with Gasteiger partial charge in [-0.05, 0) is 36.8 Å². The van der Waals surface area contributed by atoms with Crippen molar-refractivity contribution < 1.29 is 13.2 Å². The molecule has 2 fully saturated rings. The van der Waals surface area contributed by atoms with Crippen molar-refractivity contribution in [3.05, 3.63) is 30.1 Å². The van der Waals surface area contributed by atoms with E-state index in [-0.39, 0.29) is 23.0 Å². The van der Waals surface area contributed by atoms with Crippen molar-refractivity contribution in [2.75, 3.05) is 25.9 Å². The number of unbranched alkanes of at least 4 members (excludes halogenated alkanes) is 1. The van der Waals surface area contributed by atoms with Gasteiger partial charge in [-0.1, -0.05) is 19.4 Å². The zero-order chi connectivity index (χ0) is 18.1. The molecule has 1 aromatic heterocycles. The zero-order valence-corrected chi connectivity index (χ0v) is 15.8. The summed E-state index contributed by atoms with van der Waals surface area (Å²) in [7, 11) is -1.37. The Labute approximate surface area is 150 Å². The Morgan fingerprint density at radius 1 is 1.44 bits per heavy atom. The maximum atomic E-state index is 12.7. The van der Waals surface area contributed by atoms with Crippen molar-refractivity contribution >= 4 is 15.9 Å². The lowest BCUT2D eigenvalue weighted by Crippen LogP contribution is -2.33. The summed E-state index contributed by atoms with van der Waals surface area (Å²) in [6, 6.07) is 5.67. The van der Waals surface area contributed by atoms with Gasteiger partial charge in [-0.2, -0.15) is 0 Å². The van der Waals surface area contributed by atoms with Gasteiger partial charge in [-0.3, -0.25) is 9.78 Å². The highest BCUT2D eigenvalue weighted by Crippen LogP contribution is 2.59. The Bertz CT molecular complexity index is 722. The van der Waals surface area contributed by atoms with Crippen LogP contribution in [-0.4, -0.2) is 54.4 Å². The van der Waals surface area contributed by atoms with Crippen molar-refractivity contribution in [1.82, 2.24) is 14.2 Å². The summed E-state index contributed by atoms with van der Waals surface area (Å²) in [5.74, 6) is 0.281. The van der Waals surface area contributed by atoms with Crippen LogP contribution in [-0.2, 0) is 21.4 Å². The predicted octanol–water partition coefficient (Wildman–Crippen LogP) is 1.88. The lowest BCUT2D eigenvalue weighted by molar-refractivity contribution is -0.132. The largest absolute Gasteiger partial charge is 0.340 e. The first-order chi connectivity index (χ1) is 11.9. The van der Waals surface area contributed by atoms with E-state index in [2.05, 4.69) is 4.98 Å². The standard InChI is InChI=1S/C18H27N3O3S/c1-3-4-11-25(23,24)21-10-8-18(14-21)12-16(18)17(22)20(2)13-15-7-5-6-9-19-15/h5-7,9,16H,3-4,8,10-14H2,1-2H3. The van der Waals surface area contributed by atoms with E-state index in [0.29, 0.717) is 26.1 Å². The lowest BCUT2D eigenvalue weighted by Gasteiger charge is -2.19. The predicted molar refractivity (Wildman–Crippen MR) is 96.1 cm³/mol. The summed E-state index contributed by atoms with van der Waals surface area (Å²) in [6.07, 6.45) is 4.89. The number of carbonyl (C=O) groups excluding carboxylic acids is 1. The third kappa shape index (κ3) is 3.87. The van der Waals surface area contributed by atoms with Crippen molar-refractivity contribution in [1.29, 1.82) is 0 Å². The maximum Gasteiger partial charge on any atom is 0.226 e. The lowest BCUT2D eigenvalue weighted by atomic mass is 10.0. The van der Waals surface area contributed by atoms with Crippen molar-refractivity contribution in [2.45, 2.75) is 39.2 Å². The molecule has 2 unspecified atom stereocenters. The SMILES string of the molecule is CCCCS(=O)(=O)N1CCC2(CC2C(=O)N(C)Cc2ccccn2)C1. The summed E-state index contributed by atoms with van der Waals surface area (Å²) in [5.41, 5.74) is 0.734. The molecule has 1 spiro atoms. The molecule has 138 valence electrons. The molecule has 3 rings (SSSR count). The molecule has 2 aliphatic rings. The number of rotatable bonds is 7. The van der Waals surface area contributed by atoms with Gasteiger partial charge in [0.1, 0.15) is 0 Å². The number of hydrogen-bond donors (Lipinski definition) is 0. The first-order valence-corrected chi connectivity index (χ1v) is 10.6. The van der Waals surface area contributed by atoms with Gasteiger partial charge in [-0.25, -0.2) is 12.7 Å². The monoisotopic (exact) mass is 365 g/mol. The van der Waals surface area contributed by atoms with Gasteiger partial charge in [0, 0.05) is 32.3 Å². The molecular weight excluding hydrogens is 338 g/mol. The smallest absolute Gasteiger partial charge is 0.226 e. The summed E-state index contributed by atoms with van der Waals surface area (Å²) in [6.45, 7) is 3.55. The van der Waals surface area contributed by atoms with Crippen molar-refractivity contribution in [2.24, 2.45) is 11.3 Å². The number of hydrogen-bond acceptors (Lipinski definition) is 4. The second-order valence-electron chi connectivity index (χ2n) is 7.39. The first kappa shape index (κ1) is 18.3. The van der Waals surface area contributed by atoms with Crippen LogP contribution in [0.15, 0.2) is 24.4 Å². The molecule has 1 aliphatic carbocycles. The molecule has 1 saturated carbocycles. The van der Waals surface area contributed by atoms with Gasteiger partial charge >= 0.3 is 0 Å². The number of pyridine rings is 1. The maximum absolute atomic E-state index is 12.7. The van der Waals surface area contributed by atoms with E-state index in [9.17, 15) is 13.2 Å². The van der Waals surface area contributed by atoms with Crippen LogP contribution in [0.5, 0.6) is 0 Å². The minimum absolute atomic E-state index is 0.0485. The average molecular weight is 365 g/mol. The Balaban J connectivity index is 1.57. The number of carbonyl (C=O) groups is 1. The van der Waals surface area contributed by atoms with Gasteiger partial charge in [0.05, 0.1) is 18.0 Å². The molecule has 1 amide bonds. The molecular formula is C18H27N3O3S. The van der Waals surface area contributed by atoms with Crippen LogP contribution in [0, 0.1) is 11.3 Å². The summed E-state index contributed by atoms with van der Waals surface area (Å²) < 4.78 is 26.4. The summed E-state index contributed by atoms with van der Waals surface area (Å²) >= 11 is 0. The van der Waals surface area contributed by atoms with Gasteiger partial charge in [0.25, 0.3) is 0 Å². The highest BCUT2D eigenvalue weighted by atomic mass is 32.2. The Morgan fingerprint density at radius 2 is 2.24 bits per heavy atom. The van der Waals surface area contributed by atoms with Gasteiger partial charge in [0.15, 0.2) is 0 Å². The molecule has 6 nitrogen and oxygen atoms in total. The normalized spacial score (nSPS) is 26.1. The third-order valence-corrected chi connectivity index (χ3v) is 7.39. The highest BCUT2D eigenvalue weighted by Gasteiger charge is 2.62. The quantitative estimate of drug-likeness (QED) is 0.740. The number of aromatic nitrogens is 1. The van der Waals surface area contributed by atoms with Crippen LogP contribution in [0.4, 0.5) is 0 Å². The first-order valence-electron chi connectivity index (χ1n) is 9.01. The molecule has 7 heteroatoms. The van der Waals surface area contributed by atoms with Crippen LogP contribution in [0.2, 0.25) is 0 Å². The van der Waals surface area contributed by atoms with Crippen LogP contribution in [0.25, 0.3) is 0 Å². The third-order valence-electron chi connectivity index (χ3n) is 5.49. The van der Waals surface area contributed by atoms with Crippen molar-refractivity contribution in [3.8, 4) is 0 Å². The molecule has 25 heavy (non-hydrogen) atoms. The highest BCUT2D eigenvalue weighted by molar-refractivity contribution is 7.89. The van der Waals surface area contributed by atoms with Crippen LogP contribution < -0.4 is 0 Å². The topological polar surface area (TPSA) is 70.6 Å². The fraction of sp³-hybridized carbons (Fsp3) is 0.667. The Hall–Kier alpha value is -1.47. The molecule has 2 atom stereocenters. The molecule has 0 bridgehead atoms. The van der Waals surface area contributed by atoms with E-state index in [1.54, 1.807) is 22.4 Å². The second-order valence-corrected chi connectivity index (χ2v) is 9.48. The number of sulfonamides is 1. The molecule has 1 aromatic rings. The van der Waals surface area contributed by atoms with Crippen molar-refractivity contribution in [3.63, 3.8) is 0 Å². The molecule has 0 radical (unpaired) electrons. The van der Waals surface area contributed by atoms with Gasteiger partial charge in [-0.15, -0.1) is 0 Å². The molecule has 0 aromatic carbocycles.